The Balaban J connectivity index is 2.07. The molecule has 1 saturated heterocycles. The molecule has 1 aromatic rings. The molecule has 2 amide bonds. The van der Waals surface area contributed by atoms with Crippen molar-refractivity contribution in [3.63, 3.8) is 0 Å². The van der Waals surface area contributed by atoms with Crippen molar-refractivity contribution in [3.05, 3.63) is 23.9 Å². The zero-order valence-corrected chi connectivity index (χ0v) is 11.1. The number of carbonyl (C=O) groups excluding carboxylic acids is 2. The molecule has 104 valence electrons. The zero-order valence-electron chi connectivity index (χ0n) is 11.1. The molecule has 1 fully saturated rings. The molecule has 0 aliphatic carbocycles. The summed E-state index contributed by atoms with van der Waals surface area (Å²) in [6, 6.07) is 4.81. The Kier molecular flexibility index (Phi) is 4.15. The summed E-state index contributed by atoms with van der Waals surface area (Å²) >= 11 is 0. The van der Waals surface area contributed by atoms with Crippen LogP contribution in [-0.4, -0.2) is 48.1 Å². The van der Waals surface area contributed by atoms with Crippen LogP contribution in [0.4, 0.5) is 10.6 Å². The van der Waals surface area contributed by atoms with E-state index in [0.29, 0.717) is 24.5 Å². The molecule has 1 aliphatic rings. The van der Waals surface area contributed by atoms with Crippen molar-refractivity contribution < 1.29 is 14.3 Å². The predicted molar refractivity (Wildman–Crippen MR) is 69.9 cm³/mol. The minimum atomic E-state index is -0.429. The number of hydrogen-bond donors (Lipinski definition) is 0. The summed E-state index contributed by atoms with van der Waals surface area (Å²) in [5.74, 6) is -0.0122. The Hall–Kier alpha value is -2.62. The average molecular weight is 274 g/mol. The molecule has 0 bridgehead atoms. The highest BCUT2D eigenvalue weighted by Crippen LogP contribution is 2.18. The third-order valence-corrected chi connectivity index (χ3v) is 2.87. The molecule has 0 saturated carbocycles. The normalized spacial score (nSPS) is 14.3. The number of nitrogens with zero attached hydrogens (tertiary/aromatic N) is 4. The molecule has 7 heteroatoms. The van der Waals surface area contributed by atoms with Gasteiger partial charge in [0.1, 0.15) is 12.4 Å². The smallest absolute Gasteiger partial charge is 0.326 e. The highest BCUT2D eigenvalue weighted by Gasteiger charge is 2.31. The van der Waals surface area contributed by atoms with Gasteiger partial charge in [-0.05, 0) is 19.1 Å². The second kappa shape index (κ2) is 6.02. The van der Waals surface area contributed by atoms with Crippen LogP contribution in [0.15, 0.2) is 18.3 Å². The molecule has 2 heterocycles. The van der Waals surface area contributed by atoms with Crippen LogP contribution in [0.25, 0.3) is 0 Å². The van der Waals surface area contributed by atoms with E-state index in [-0.39, 0.29) is 19.2 Å². The monoisotopic (exact) mass is 274 g/mol. The third-order valence-electron chi connectivity index (χ3n) is 2.87. The van der Waals surface area contributed by atoms with Crippen molar-refractivity contribution in [2.75, 3.05) is 31.1 Å². The van der Waals surface area contributed by atoms with Crippen LogP contribution >= 0.6 is 0 Å². The Bertz CT molecular complexity index is 567. The van der Waals surface area contributed by atoms with Gasteiger partial charge >= 0.3 is 12.0 Å². The summed E-state index contributed by atoms with van der Waals surface area (Å²) in [5.41, 5.74) is 0.437. The summed E-state index contributed by atoms with van der Waals surface area (Å²) in [6.45, 7) is 2.79. The molecule has 20 heavy (non-hydrogen) atoms. The van der Waals surface area contributed by atoms with E-state index in [2.05, 4.69) is 4.98 Å². The van der Waals surface area contributed by atoms with Crippen molar-refractivity contribution in [1.82, 2.24) is 9.88 Å². The van der Waals surface area contributed by atoms with Gasteiger partial charge in [0.2, 0.25) is 0 Å². The number of pyridine rings is 1. The highest BCUT2D eigenvalue weighted by atomic mass is 16.5. The number of ether oxygens (including phenoxy) is 1. The second-order valence-corrected chi connectivity index (χ2v) is 4.18. The molecule has 0 spiro atoms. The number of amides is 2. The van der Waals surface area contributed by atoms with E-state index < -0.39 is 5.97 Å². The van der Waals surface area contributed by atoms with Crippen LogP contribution in [0.2, 0.25) is 0 Å². The maximum Gasteiger partial charge on any atom is 0.326 e. The van der Waals surface area contributed by atoms with Crippen molar-refractivity contribution in [1.29, 1.82) is 5.26 Å². The first-order valence-electron chi connectivity index (χ1n) is 6.24. The van der Waals surface area contributed by atoms with Crippen molar-refractivity contribution >= 4 is 17.8 Å². The number of esters is 1. The van der Waals surface area contributed by atoms with Gasteiger partial charge in [0.05, 0.1) is 18.2 Å². The van der Waals surface area contributed by atoms with Gasteiger partial charge in [0, 0.05) is 19.3 Å². The molecule has 0 unspecified atom stereocenters. The van der Waals surface area contributed by atoms with Gasteiger partial charge in [-0.2, -0.15) is 5.26 Å². The van der Waals surface area contributed by atoms with E-state index in [4.69, 9.17) is 10.00 Å². The van der Waals surface area contributed by atoms with Crippen LogP contribution in [0.5, 0.6) is 0 Å². The van der Waals surface area contributed by atoms with Crippen LogP contribution in [0.1, 0.15) is 12.5 Å². The third kappa shape index (κ3) is 2.85. The number of carbonyl (C=O) groups is 2. The van der Waals surface area contributed by atoms with Crippen LogP contribution in [-0.2, 0) is 9.53 Å². The number of urea groups is 1. The second-order valence-electron chi connectivity index (χ2n) is 4.18. The number of hydrogen-bond acceptors (Lipinski definition) is 5. The van der Waals surface area contributed by atoms with Gasteiger partial charge in [-0.1, -0.05) is 0 Å². The Morgan fingerprint density at radius 2 is 2.35 bits per heavy atom. The summed E-state index contributed by atoms with van der Waals surface area (Å²) in [6.07, 6.45) is 1.48. The molecular weight excluding hydrogens is 260 g/mol. The van der Waals surface area contributed by atoms with Crippen molar-refractivity contribution in [3.8, 4) is 6.07 Å². The van der Waals surface area contributed by atoms with Crippen molar-refractivity contribution in [2.24, 2.45) is 0 Å². The number of anilines is 1. The molecular formula is C13H14N4O3. The summed E-state index contributed by atoms with van der Waals surface area (Å²) in [4.78, 5) is 30.5. The number of rotatable bonds is 4. The molecule has 0 N–H and O–H groups in total. The molecule has 0 atom stereocenters. The summed E-state index contributed by atoms with van der Waals surface area (Å²) < 4.78 is 4.82. The SMILES string of the molecule is CCOC(=O)CN1CCN(c2cc(C#N)ccn2)C1=O. The van der Waals surface area contributed by atoms with E-state index >= 15 is 0 Å². The largest absolute Gasteiger partial charge is 0.465 e. The fourth-order valence-corrected chi connectivity index (χ4v) is 1.94. The Morgan fingerprint density at radius 1 is 1.55 bits per heavy atom. The van der Waals surface area contributed by atoms with Crippen molar-refractivity contribution in [2.45, 2.75) is 6.92 Å². The van der Waals surface area contributed by atoms with Crippen LogP contribution < -0.4 is 4.90 Å². The average Bonchev–Trinajstić information content (AvgIpc) is 2.80. The fraction of sp³-hybridized carbons (Fsp3) is 0.385. The number of aromatic nitrogens is 1. The first-order valence-corrected chi connectivity index (χ1v) is 6.24. The highest BCUT2D eigenvalue weighted by molar-refractivity contribution is 5.95. The molecule has 1 aromatic heterocycles. The van der Waals surface area contributed by atoms with Gasteiger partial charge in [-0.3, -0.25) is 9.69 Å². The zero-order chi connectivity index (χ0) is 14.5. The van der Waals surface area contributed by atoms with E-state index in [9.17, 15) is 9.59 Å². The lowest BCUT2D eigenvalue weighted by atomic mass is 10.3. The van der Waals surface area contributed by atoms with Gasteiger partial charge in [0.25, 0.3) is 0 Å². The van der Waals surface area contributed by atoms with Gasteiger partial charge in [0.15, 0.2) is 0 Å². The quantitative estimate of drug-likeness (QED) is 0.756. The number of nitriles is 1. The topological polar surface area (TPSA) is 86.5 Å². The van der Waals surface area contributed by atoms with Crippen LogP contribution in [0, 0.1) is 11.3 Å². The lowest BCUT2D eigenvalue weighted by Crippen LogP contribution is -2.36. The van der Waals surface area contributed by atoms with Crippen LogP contribution in [0.3, 0.4) is 0 Å². The lowest BCUT2D eigenvalue weighted by molar-refractivity contribution is -0.143. The van der Waals surface area contributed by atoms with Gasteiger partial charge < -0.3 is 9.64 Å². The lowest BCUT2D eigenvalue weighted by Gasteiger charge is -2.17. The Labute approximate surface area is 116 Å². The first kappa shape index (κ1) is 13.8. The van der Waals surface area contributed by atoms with E-state index in [0.717, 1.165) is 0 Å². The van der Waals surface area contributed by atoms with E-state index in [1.54, 1.807) is 19.1 Å². The summed E-state index contributed by atoms with van der Waals surface area (Å²) in [7, 11) is 0. The van der Waals surface area contributed by atoms with Gasteiger partial charge in [-0.15, -0.1) is 0 Å². The fourth-order valence-electron chi connectivity index (χ4n) is 1.94. The molecule has 0 radical (unpaired) electrons. The van der Waals surface area contributed by atoms with E-state index in [1.165, 1.54) is 16.0 Å². The molecule has 1 aliphatic heterocycles. The maximum atomic E-state index is 12.2. The standard InChI is InChI=1S/C13H14N4O3/c1-2-20-12(18)9-16-5-6-17(13(16)19)11-7-10(8-14)3-4-15-11/h3-4,7H,2,5-6,9H2,1H3. The summed E-state index contributed by atoms with van der Waals surface area (Å²) in [5, 5.41) is 8.85. The first-order chi connectivity index (χ1) is 9.65. The molecule has 2 rings (SSSR count). The van der Waals surface area contributed by atoms with E-state index in [1.807, 2.05) is 6.07 Å². The minimum Gasteiger partial charge on any atom is -0.465 e. The van der Waals surface area contributed by atoms with Gasteiger partial charge in [-0.25, -0.2) is 9.78 Å². The Morgan fingerprint density at radius 3 is 3.05 bits per heavy atom. The molecule has 7 nitrogen and oxygen atoms in total. The molecule has 0 aromatic carbocycles. The predicted octanol–water partition coefficient (Wildman–Crippen LogP) is 0.758. The maximum absolute atomic E-state index is 12.2. The minimum absolute atomic E-state index is 0.0683.